The summed E-state index contributed by atoms with van der Waals surface area (Å²) in [6, 6.07) is 20.1. The van der Waals surface area contributed by atoms with Gasteiger partial charge in [0.05, 0.1) is 17.6 Å². The van der Waals surface area contributed by atoms with E-state index in [1.807, 2.05) is 6.07 Å². The zero-order valence-corrected chi connectivity index (χ0v) is 17.8. The zero-order valence-electron chi connectivity index (χ0n) is 16.3. The molecule has 0 saturated heterocycles. The monoisotopic (exact) mass is 444 g/mol. The van der Waals surface area contributed by atoms with Crippen LogP contribution in [0.15, 0.2) is 77.7 Å². The van der Waals surface area contributed by atoms with E-state index < -0.39 is 10.0 Å². The fourth-order valence-corrected chi connectivity index (χ4v) is 4.06. The molecular weight excluding hydrogens is 424 g/mol. The second-order valence-corrected chi connectivity index (χ2v) is 8.58. The molecule has 0 fully saturated rings. The van der Waals surface area contributed by atoms with Crippen molar-refractivity contribution in [2.75, 3.05) is 18.4 Å². The SMILES string of the molecule is COc1ccc(Cl)cc1C(=O)NCCc1ccc(S(=O)(=O)Nc2ccccc2)cc1. The van der Waals surface area contributed by atoms with E-state index in [0.717, 1.165) is 5.56 Å². The summed E-state index contributed by atoms with van der Waals surface area (Å²) in [5.74, 6) is 0.151. The minimum Gasteiger partial charge on any atom is -0.496 e. The van der Waals surface area contributed by atoms with Crippen LogP contribution >= 0.6 is 11.6 Å². The lowest BCUT2D eigenvalue weighted by atomic mass is 10.1. The Hall–Kier alpha value is -3.03. The Bertz CT molecular complexity index is 1120. The molecule has 8 heteroatoms. The lowest BCUT2D eigenvalue weighted by Crippen LogP contribution is -2.26. The molecule has 30 heavy (non-hydrogen) atoms. The summed E-state index contributed by atoms with van der Waals surface area (Å²) < 4.78 is 32.7. The average Bonchev–Trinajstić information content (AvgIpc) is 2.74. The summed E-state index contributed by atoms with van der Waals surface area (Å²) in [6.07, 6.45) is 0.543. The van der Waals surface area contributed by atoms with Crippen molar-refractivity contribution >= 4 is 33.2 Å². The minimum absolute atomic E-state index is 0.169. The quantitative estimate of drug-likeness (QED) is 0.547. The normalized spacial score (nSPS) is 11.0. The topological polar surface area (TPSA) is 84.5 Å². The highest BCUT2D eigenvalue weighted by Gasteiger charge is 2.15. The molecule has 0 heterocycles. The van der Waals surface area contributed by atoms with Gasteiger partial charge in [-0.05, 0) is 54.4 Å². The van der Waals surface area contributed by atoms with Crippen molar-refractivity contribution in [3.8, 4) is 5.75 Å². The number of halogens is 1. The highest BCUT2D eigenvalue weighted by molar-refractivity contribution is 7.92. The molecule has 0 aliphatic heterocycles. The zero-order chi connectivity index (χ0) is 21.6. The van der Waals surface area contributed by atoms with Crippen LogP contribution in [0.2, 0.25) is 5.02 Å². The van der Waals surface area contributed by atoms with Crippen LogP contribution in [0.1, 0.15) is 15.9 Å². The van der Waals surface area contributed by atoms with Crippen LogP contribution in [0.3, 0.4) is 0 Å². The second kappa shape index (κ2) is 9.65. The first-order valence-corrected chi connectivity index (χ1v) is 11.0. The molecule has 0 bridgehead atoms. The van der Waals surface area contributed by atoms with Crippen molar-refractivity contribution < 1.29 is 17.9 Å². The molecule has 0 aliphatic carbocycles. The van der Waals surface area contributed by atoms with Crippen molar-refractivity contribution in [3.05, 3.63) is 88.9 Å². The van der Waals surface area contributed by atoms with Gasteiger partial charge in [0.25, 0.3) is 15.9 Å². The summed E-state index contributed by atoms with van der Waals surface area (Å²) >= 11 is 5.96. The molecule has 2 N–H and O–H groups in total. The van der Waals surface area contributed by atoms with Gasteiger partial charge in [0.15, 0.2) is 0 Å². The van der Waals surface area contributed by atoms with Crippen LogP contribution < -0.4 is 14.8 Å². The number of amides is 1. The van der Waals surface area contributed by atoms with Gasteiger partial charge >= 0.3 is 0 Å². The maximum Gasteiger partial charge on any atom is 0.261 e. The maximum absolute atomic E-state index is 12.5. The third kappa shape index (κ3) is 5.52. The van der Waals surface area contributed by atoms with E-state index in [1.54, 1.807) is 66.7 Å². The van der Waals surface area contributed by atoms with Crippen LogP contribution in [0, 0.1) is 0 Å². The second-order valence-electron chi connectivity index (χ2n) is 6.47. The number of methoxy groups -OCH3 is 1. The van der Waals surface area contributed by atoms with Crippen LogP contribution in [-0.2, 0) is 16.4 Å². The average molecular weight is 445 g/mol. The summed E-state index contributed by atoms with van der Waals surface area (Å²) in [5, 5.41) is 3.26. The standard InChI is InChI=1S/C22H21ClN2O4S/c1-29-21-12-9-17(23)15-20(21)22(26)24-14-13-16-7-10-19(11-8-16)30(27,28)25-18-5-3-2-4-6-18/h2-12,15,25H,13-14H2,1H3,(H,24,26). The predicted molar refractivity (Wildman–Crippen MR) is 118 cm³/mol. The molecule has 0 atom stereocenters. The van der Waals surface area contributed by atoms with E-state index in [-0.39, 0.29) is 10.8 Å². The number of hydrogen-bond acceptors (Lipinski definition) is 4. The number of rotatable bonds is 8. The molecule has 156 valence electrons. The lowest BCUT2D eigenvalue weighted by Gasteiger charge is -2.10. The lowest BCUT2D eigenvalue weighted by molar-refractivity contribution is 0.0951. The van der Waals surface area contributed by atoms with Gasteiger partial charge in [-0.15, -0.1) is 0 Å². The Morgan fingerprint density at radius 1 is 1.00 bits per heavy atom. The van der Waals surface area contributed by atoms with Crippen LogP contribution in [0.5, 0.6) is 5.75 Å². The van der Waals surface area contributed by atoms with Gasteiger partial charge in [-0.2, -0.15) is 0 Å². The van der Waals surface area contributed by atoms with Crippen molar-refractivity contribution in [3.63, 3.8) is 0 Å². The van der Waals surface area contributed by atoms with Gasteiger partial charge < -0.3 is 10.1 Å². The Morgan fingerprint density at radius 3 is 2.37 bits per heavy atom. The molecule has 3 rings (SSSR count). The number of nitrogens with one attached hydrogen (secondary N) is 2. The Labute approximate surface area is 180 Å². The predicted octanol–water partition coefficient (Wildman–Crippen LogP) is 4.12. The minimum atomic E-state index is -3.66. The fraction of sp³-hybridized carbons (Fsp3) is 0.136. The molecule has 1 amide bonds. The molecule has 0 unspecified atom stereocenters. The van der Waals surface area contributed by atoms with Crippen molar-refractivity contribution in [2.24, 2.45) is 0 Å². The van der Waals surface area contributed by atoms with Crippen molar-refractivity contribution in [1.29, 1.82) is 0 Å². The van der Waals surface area contributed by atoms with E-state index in [1.165, 1.54) is 7.11 Å². The van der Waals surface area contributed by atoms with E-state index in [4.69, 9.17) is 16.3 Å². The van der Waals surface area contributed by atoms with Gasteiger partial charge in [0, 0.05) is 17.3 Å². The molecular formula is C22H21ClN2O4S. The van der Waals surface area contributed by atoms with Gasteiger partial charge in [-0.25, -0.2) is 8.42 Å². The molecule has 0 saturated carbocycles. The number of sulfonamides is 1. The number of carbonyl (C=O) groups is 1. The van der Waals surface area contributed by atoms with Crippen LogP contribution in [0.25, 0.3) is 0 Å². The van der Waals surface area contributed by atoms with Crippen molar-refractivity contribution in [1.82, 2.24) is 5.32 Å². The fourth-order valence-electron chi connectivity index (χ4n) is 2.83. The molecule has 0 spiro atoms. The number of benzene rings is 3. The summed E-state index contributed by atoms with van der Waals surface area (Å²) in [6.45, 7) is 0.378. The van der Waals surface area contributed by atoms with Gasteiger partial charge in [0.2, 0.25) is 0 Å². The number of hydrogen-bond donors (Lipinski definition) is 2. The Morgan fingerprint density at radius 2 is 1.70 bits per heavy atom. The molecule has 0 radical (unpaired) electrons. The molecule has 3 aromatic rings. The molecule has 6 nitrogen and oxygen atoms in total. The van der Waals surface area contributed by atoms with Crippen molar-refractivity contribution in [2.45, 2.75) is 11.3 Å². The third-order valence-corrected chi connectivity index (χ3v) is 6.00. The Kier molecular flexibility index (Phi) is 6.97. The summed E-state index contributed by atoms with van der Waals surface area (Å²) in [5.41, 5.74) is 1.76. The molecule has 0 aromatic heterocycles. The van der Waals surface area contributed by atoms with E-state index in [0.29, 0.717) is 35.0 Å². The van der Waals surface area contributed by atoms with Crippen LogP contribution in [0.4, 0.5) is 5.69 Å². The van der Waals surface area contributed by atoms with E-state index >= 15 is 0 Å². The number of anilines is 1. The highest BCUT2D eigenvalue weighted by Crippen LogP contribution is 2.22. The first kappa shape index (κ1) is 21.7. The van der Waals surface area contributed by atoms with Crippen LogP contribution in [-0.4, -0.2) is 28.0 Å². The number of para-hydroxylation sites is 1. The Balaban J connectivity index is 1.59. The number of ether oxygens (including phenoxy) is 1. The first-order valence-electron chi connectivity index (χ1n) is 9.17. The highest BCUT2D eigenvalue weighted by atomic mass is 35.5. The van der Waals surface area contributed by atoms with Gasteiger partial charge in [0.1, 0.15) is 5.75 Å². The first-order chi connectivity index (χ1) is 14.4. The molecule has 0 aliphatic rings. The maximum atomic E-state index is 12.5. The summed E-state index contributed by atoms with van der Waals surface area (Å²) in [4.78, 5) is 12.6. The van der Waals surface area contributed by atoms with E-state index in [9.17, 15) is 13.2 Å². The van der Waals surface area contributed by atoms with Gasteiger partial charge in [-0.1, -0.05) is 41.9 Å². The molecule has 3 aromatic carbocycles. The van der Waals surface area contributed by atoms with E-state index in [2.05, 4.69) is 10.0 Å². The number of carbonyl (C=O) groups excluding carboxylic acids is 1. The third-order valence-electron chi connectivity index (χ3n) is 4.37. The van der Waals surface area contributed by atoms with Gasteiger partial charge in [-0.3, -0.25) is 9.52 Å². The largest absolute Gasteiger partial charge is 0.496 e. The smallest absolute Gasteiger partial charge is 0.261 e. The summed E-state index contributed by atoms with van der Waals surface area (Å²) in [7, 11) is -2.17.